The number of anilines is 2. The summed E-state index contributed by atoms with van der Waals surface area (Å²) in [5.74, 6) is 0.521. The summed E-state index contributed by atoms with van der Waals surface area (Å²) < 4.78 is 59.9. The highest BCUT2D eigenvalue weighted by Gasteiger charge is 2.43. The van der Waals surface area contributed by atoms with Gasteiger partial charge in [-0.15, -0.1) is 5.10 Å². The predicted octanol–water partition coefficient (Wildman–Crippen LogP) is 5.45. The van der Waals surface area contributed by atoms with Crippen LogP contribution in [-0.4, -0.2) is 38.3 Å². The van der Waals surface area contributed by atoms with Crippen LogP contribution in [0.25, 0.3) is 0 Å². The maximum atomic E-state index is 13.8. The maximum Gasteiger partial charge on any atom is 0.419 e. The molecular formula is C24H26F4N6S. The molecule has 3 aliphatic rings. The molecule has 1 unspecified atom stereocenters. The van der Waals surface area contributed by atoms with E-state index < -0.39 is 17.6 Å². The topological polar surface area (TPSA) is 58.9 Å². The van der Waals surface area contributed by atoms with E-state index in [0.717, 1.165) is 50.2 Å². The molecule has 2 aliphatic heterocycles. The number of aryl methyl sites for hydroxylation is 2. The Morgan fingerprint density at radius 3 is 2.54 bits per heavy atom. The molecule has 4 atom stereocenters. The number of fused-ring (bicyclic) bond motifs is 3. The molecule has 0 amide bonds. The minimum absolute atomic E-state index is 0.269. The summed E-state index contributed by atoms with van der Waals surface area (Å²) >= 11 is 1.55. The van der Waals surface area contributed by atoms with Crippen molar-refractivity contribution in [1.29, 1.82) is 0 Å². The predicted molar refractivity (Wildman–Crippen MR) is 125 cm³/mol. The average Bonchev–Trinajstić information content (AvgIpc) is 3.48. The Morgan fingerprint density at radius 1 is 1.09 bits per heavy atom. The Kier molecular flexibility index (Phi) is 5.50. The first kappa shape index (κ1) is 22.8. The standard InChI is InChI=1S/C24H26F4N6S/c1-13-9-20(35-32-13)33-11-15-4-5-16(12-33)21(15)29-23-30-22-17(3-2-8-34(22)31-23)14-6-7-19(25)18(10-14)24(26,27)28/h6-7,9-10,15-17,21H,2-5,8,11-12H2,1H3,(H,29,31)/t15-,16+,17?,21-. The fourth-order valence-corrected chi connectivity index (χ4v) is 6.77. The van der Waals surface area contributed by atoms with Gasteiger partial charge < -0.3 is 10.2 Å². The molecule has 2 bridgehead atoms. The SMILES string of the molecule is Cc1cc(N2C[C@H]3CC[C@@H](C2)[C@@H]3Nc2nc3n(n2)CCCC3c2ccc(F)c(C(F)(F)F)c2)sn1. The van der Waals surface area contributed by atoms with Crippen molar-refractivity contribution in [3.8, 4) is 0 Å². The van der Waals surface area contributed by atoms with E-state index in [-0.39, 0.29) is 12.0 Å². The van der Waals surface area contributed by atoms with Crippen LogP contribution in [0.5, 0.6) is 0 Å². The van der Waals surface area contributed by atoms with Crippen LogP contribution in [0.1, 0.15) is 54.2 Å². The zero-order valence-corrected chi connectivity index (χ0v) is 20.0. The Morgan fingerprint density at radius 2 is 1.86 bits per heavy atom. The van der Waals surface area contributed by atoms with Crippen LogP contribution in [-0.2, 0) is 12.7 Å². The van der Waals surface area contributed by atoms with Crippen molar-refractivity contribution in [3.63, 3.8) is 0 Å². The molecule has 6 nitrogen and oxygen atoms in total. The van der Waals surface area contributed by atoms with Crippen LogP contribution in [0.3, 0.4) is 0 Å². The van der Waals surface area contributed by atoms with Gasteiger partial charge in [0.15, 0.2) is 0 Å². The summed E-state index contributed by atoms with van der Waals surface area (Å²) in [7, 11) is 0. The molecule has 2 aromatic heterocycles. The lowest BCUT2D eigenvalue weighted by molar-refractivity contribution is -0.140. The second-order valence-electron chi connectivity index (χ2n) is 9.93. The number of hydrogen-bond donors (Lipinski definition) is 1. The van der Waals surface area contributed by atoms with Crippen molar-refractivity contribution in [2.24, 2.45) is 11.8 Å². The van der Waals surface area contributed by atoms with Gasteiger partial charge in [0.1, 0.15) is 16.6 Å². The number of aromatic nitrogens is 4. The van der Waals surface area contributed by atoms with Crippen molar-refractivity contribution in [3.05, 3.63) is 52.7 Å². The third-order valence-corrected chi connectivity index (χ3v) is 8.57. The third kappa shape index (κ3) is 4.17. The third-order valence-electron chi connectivity index (χ3n) is 7.63. The molecule has 2 fully saturated rings. The van der Waals surface area contributed by atoms with Gasteiger partial charge in [0.25, 0.3) is 0 Å². The molecule has 35 heavy (non-hydrogen) atoms. The first-order valence-electron chi connectivity index (χ1n) is 12.0. The fourth-order valence-electron chi connectivity index (χ4n) is 5.99. The highest BCUT2D eigenvalue weighted by Crippen LogP contribution is 2.42. The summed E-state index contributed by atoms with van der Waals surface area (Å²) in [5.41, 5.74) is 0.236. The maximum absolute atomic E-state index is 13.8. The minimum Gasteiger partial charge on any atom is -0.361 e. The van der Waals surface area contributed by atoms with Crippen LogP contribution in [0, 0.1) is 24.6 Å². The molecule has 4 heterocycles. The van der Waals surface area contributed by atoms with Crippen LogP contribution >= 0.6 is 11.5 Å². The van der Waals surface area contributed by atoms with E-state index in [9.17, 15) is 17.6 Å². The number of benzene rings is 1. The minimum atomic E-state index is -4.73. The Bertz CT molecular complexity index is 1220. The zero-order chi connectivity index (χ0) is 24.3. The van der Waals surface area contributed by atoms with Crippen LogP contribution < -0.4 is 10.2 Å². The van der Waals surface area contributed by atoms with Crippen LogP contribution in [0.4, 0.5) is 28.5 Å². The lowest BCUT2D eigenvalue weighted by atomic mass is 9.90. The van der Waals surface area contributed by atoms with Gasteiger partial charge in [-0.25, -0.2) is 9.07 Å². The van der Waals surface area contributed by atoms with E-state index in [1.54, 1.807) is 16.2 Å². The molecule has 1 saturated heterocycles. The Hall–Kier alpha value is -2.69. The number of halogens is 4. The van der Waals surface area contributed by atoms with Gasteiger partial charge in [0.2, 0.25) is 5.95 Å². The van der Waals surface area contributed by atoms with Crippen LogP contribution in [0.15, 0.2) is 24.3 Å². The molecule has 0 spiro atoms. The average molecular weight is 507 g/mol. The lowest BCUT2D eigenvalue weighted by Gasteiger charge is -2.38. The van der Waals surface area contributed by atoms with Crippen LogP contribution in [0.2, 0.25) is 0 Å². The van der Waals surface area contributed by atoms with Gasteiger partial charge in [-0.1, -0.05) is 6.07 Å². The highest BCUT2D eigenvalue weighted by molar-refractivity contribution is 7.10. The van der Waals surface area contributed by atoms with Gasteiger partial charge in [-0.2, -0.15) is 22.5 Å². The summed E-state index contributed by atoms with van der Waals surface area (Å²) in [6, 6.07) is 5.68. The van der Waals surface area contributed by atoms with Gasteiger partial charge >= 0.3 is 6.18 Å². The quantitative estimate of drug-likeness (QED) is 0.477. The first-order chi connectivity index (χ1) is 16.8. The monoisotopic (exact) mass is 506 g/mol. The Balaban J connectivity index is 1.22. The van der Waals surface area contributed by atoms with E-state index in [0.29, 0.717) is 42.1 Å². The fraction of sp³-hybridized carbons (Fsp3) is 0.542. The van der Waals surface area contributed by atoms with Crippen molar-refractivity contribution < 1.29 is 17.6 Å². The van der Waals surface area contributed by atoms with E-state index in [2.05, 4.69) is 25.8 Å². The normalized spacial score (nSPS) is 26.1. The number of nitrogens with one attached hydrogen (secondary N) is 1. The molecule has 1 aromatic carbocycles. The summed E-state index contributed by atoms with van der Waals surface area (Å²) in [4.78, 5) is 7.17. The van der Waals surface area contributed by atoms with E-state index in [1.807, 2.05) is 6.92 Å². The molecule has 0 radical (unpaired) electrons. The lowest BCUT2D eigenvalue weighted by Crippen LogP contribution is -2.48. The molecule has 1 N–H and O–H groups in total. The summed E-state index contributed by atoms with van der Waals surface area (Å²) in [5, 5.41) is 9.45. The molecule has 6 rings (SSSR count). The molecule has 1 saturated carbocycles. The number of piperidine rings is 1. The molecule has 1 aliphatic carbocycles. The smallest absolute Gasteiger partial charge is 0.361 e. The largest absolute Gasteiger partial charge is 0.419 e. The van der Waals surface area contributed by atoms with Gasteiger partial charge in [-0.05, 0) is 79.7 Å². The highest BCUT2D eigenvalue weighted by atomic mass is 32.1. The van der Waals surface area contributed by atoms with Crippen molar-refractivity contribution in [2.45, 2.75) is 57.3 Å². The summed E-state index contributed by atoms with van der Waals surface area (Å²) in [6.45, 7) is 4.60. The number of nitrogens with zero attached hydrogens (tertiary/aromatic N) is 5. The first-order valence-corrected chi connectivity index (χ1v) is 12.8. The number of alkyl halides is 3. The second kappa shape index (κ2) is 8.46. The van der Waals surface area contributed by atoms with Crippen molar-refractivity contribution >= 4 is 22.5 Å². The van der Waals surface area contributed by atoms with Gasteiger partial charge in [0.05, 0.1) is 11.3 Å². The van der Waals surface area contributed by atoms with Crippen molar-refractivity contribution in [2.75, 3.05) is 23.3 Å². The van der Waals surface area contributed by atoms with E-state index in [1.165, 1.54) is 11.1 Å². The van der Waals surface area contributed by atoms with Gasteiger partial charge in [0, 0.05) is 31.6 Å². The number of rotatable bonds is 4. The van der Waals surface area contributed by atoms with E-state index in [4.69, 9.17) is 4.98 Å². The number of hydrogen-bond acceptors (Lipinski definition) is 6. The van der Waals surface area contributed by atoms with Crippen molar-refractivity contribution in [1.82, 2.24) is 19.1 Å². The summed E-state index contributed by atoms with van der Waals surface area (Å²) in [6.07, 6.45) is -1.03. The van der Waals surface area contributed by atoms with E-state index >= 15 is 0 Å². The molecule has 11 heteroatoms. The van der Waals surface area contributed by atoms with Gasteiger partial charge in [-0.3, -0.25) is 0 Å². The Labute approximate surface area is 204 Å². The zero-order valence-electron chi connectivity index (χ0n) is 19.2. The molecule has 186 valence electrons. The molecule has 3 aromatic rings. The molecular weight excluding hydrogens is 480 g/mol. The second-order valence-corrected chi connectivity index (χ2v) is 10.7.